The Balaban J connectivity index is -0.000000218. The molecule has 0 aliphatic heterocycles. The molecule has 0 bridgehead atoms. The Morgan fingerprint density at radius 1 is 0.765 bits per heavy atom. The fraction of sp³-hybridized carbons (Fsp3) is 0. The molecule has 0 fully saturated rings. The molecule has 0 heterocycles. The molecule has 0 amide bonds. The summed E-state index contributed by atoms with van der Waals surface area (Å²) in [5, 5.41) is 18.8. The Morgan fingerprint density at radius 2 is 1.00 bits per heavy atom. The number of hydrogen-bond acceptors (Lipinski definition) is 10. The SMILES string of the molecule is O=C([O-])C(=O)O[O][Ti].O=C([O-])C(=O)O[O][Ti].[Sr+2]. The van der Waals surface area contributed by atoms with Gasteiger partial charge in [-0.15, -0.1) is 0 Å². The predicted octanol–water partition coefficient (Wildman–Crippen LogP) is -5.03. The predicted molar refractivity (Wildman–Crippen MR) is 30.1 cm³/mol. The second-order valence-electron chi connectivity index (χ2n) is 1.48. The van der Waals surface area contributed by atoms with Crippen LogP contribution in [0.3, 0.4) is 0 Å². The molecule has 0 rings (SSSR count). The van der Waals surface area contributed by atoms with E-state index in [9.17, 15) is 29.4 Å². The van der Waals surface area contributed by atoms with Crippen molar-refractivity contribution in [2.24, 2.45) is 0 Å². The number of carbonyl (C=O) groups excluding carboxylic acids is 4. The van der Waals surface area contributed by atoms with Gasteiger partial charge in [-0.05, 0) is 0 Å². The minimum absolute atomic E-state index is 0. The summed E-state index contributed by atoms with van der Waals surface area (Å²) in [6.07, 6.45) is 0. The van der Waals surface area contributed by atoms with E-state index in [1.165, 1.54) is 0 Å². The number of carboxylic acid groups (broad SMARTS) is 2. The molecule has 0 aliphatic rings. The zero-order valence-electron chi connectivity index (χ0n) is 7.79. The average molecular weight is 391 g/mol. The zero-order valence-corrected chi connectivity index (χ0v) is 14.4. The van der Waals surface area contributed by atoms with E-state index in [2.05, 4.69) is 16.7 Å². The van der Waals surface area contributed by atoms with E-state index in [1.807, 2.05) is 0 Å². The molecule has 0 aromatic carbocycles. The van der Waals surface area contributed by atoms with Crippen molar-refractivity contribution in [2.75, 3.05) is 0 Å². The standard InChI is InChI=1S/2C2H2O5.Sr.2Ti/c2*3-1(4)2(5)7-6;;;/h2*6H,(H,3,4);;;/q;;+2;2*+1/p-4. The first-order chi connectivity index (χ1) is 7.36. The summed E-state index contributed by atoms with van der Waals surface area (Å²) in [6, 6.07) is 0. The van der Waals surface area contributed by atoms with Crippen molar-refractivity contribution in [2.45, 2.75) is 0 Å². The maximum atomic E-state index is 9.73. The first-order valence-corrected chi connectivity index (χ1v) is 4.15. The summed E-state index contributed by atoms with van der Waals surface area (Å²) in [6.45, 7) is 0. The quantitative estimate of drug-likeness (QED) is 0.193. The van der Waals surface area contributed by atoms with Gasteiger partial charge in [0.1, 0.15) is 0 Å². The molecule has 10 nitrogen and oxygen atoms in total. The molecular formula is C4O10SrTi2. The van der Waals surface area contributed by atoms with Crippen LogP contribution in [0.4, 0.5) is 0 Å². The molecule has 86 valence electrons. The molecule has 0 radical (unpaired) electrons. The average Bonchev–Trinajstić information content (AvgIpc) is 2.19. The van der Waals surface area contributed by atoms with Crippen LogP contribution in [-0.4, -0.2) is 69.4 Å². The zero-order chi connectivity index (χ0) is 13.1. The molecule has 0 saturated heterocycles. The van der Waals surface area contributed by atoms with Gasteiger partial charge >= 0.3 is 157 Å². The van der Waals surface area contributed by atoms with E-state index in [0.29, 0.717) is 0 Å². The van der Waals surface area contributed by atoms with Crippen molar-refractivity contribution >= 4 is 69.4 Å². The minimum atomic E-state index is -1.92. The van der Waals surface area contributed by atoms with Crippen molar-refractivity contribution in [3.8, 4) is 0 Å². The third-order valence-electron chi connectivity index (χ3n) is 0.568. The molecule has 0 unspecified atom stereocenters. The van der Waals surface area contributed by atoms with E-state index in [1.54, 1.807) is 0 Å². The van der Waals surface area contributed by atoms with Gasteiger partial charge in [-0.2, -0.15) is 0 Å². The molecule has 0 aliphatic carbocycles. The second-order valence-corrected chi connectivity index (χ2v) is 2.00. The maximum Gasteiger partial charge on any atom is 2.00 e. The fourth-order valence-electron chi connectivity index (χ4n) is 0.144. The van der Waals surface area contributed by atoms with E-state index in [-0.39, 0.29) is 45.5 Å². The van der Waals surface area contributed by atoms with Crippen LogP contribution < -0.4 is 10.2 Å². The van der Waals surface area contributed by atoms with Crippen LogP contribution in [0.1, 0.15) is 0 Å². The molecule has 0 saturated carbocycles. The molecule has 13 heteroatoms. The van der Waals surface area contributed by atoms with Crippen molar-refractivity contribution in [3.05, 3.63) is 0 Å². The molecule has 0 N–H and O–H groups in total. The number of carboxylic acids is 2. The van der Waals surface area contributed by atoms with Gasteiger partial charge in [0, 0.05) is 0 Å². The smallest absolute Gasteiger partial charge is 2.00 e. The van der Waals surface area contributed by atoms with Gasteiger partial charge in [-0.1, -0.05) is 0 Å². The van der Waals surface area contributed by atoms with Crippen molar-refractivity contribution in [3.63, 3.8) is 0 Å². The first-order valence-electron chi connectivity index (χ1n) is 2.87. The summed E-state index contributed by atoms with van der Waals surface area (Å²) in [4.78, 5) is 45.3. The van der Waals surface area contributed by atoms with Crippen LogP contribution >= 0.6 is 0 Å². The largest absolute Gasteiger partial charge is 2.00 e. The molecule has 17 heavy (non-hydrogen) atoms. The minimum Gasteiger partial charge on any atom is 2.00 e. The van der Waals surface area contributed by atoms with Gasteiger partial charge in [-0.25, -0.2) is 0 Å². The molecule has 0 atom stereocenters. The monoisotopic (exact) mass is 392 g/mol. The molecule has 0 aromatic heterocycles. The summed E-state index contributed by atoms with van der Waals surface area (Å²) in [7, 11) is 0. The van der Waals surface area contributed by atoms with Gasteiger partial charge < -0.3 is 0 Å². The van der Waals surface area contributed by atoms with Crippen molar-refractivity contribution in [1.29, 1.82) is 0 Å². The summed E-state index contributed by atoms with van der Waals surface area (Å²) in [5.41, 5.74) is 0. The van der Waals surface area contributed by atoms with Crippen LogP contribution in [0, 0.1) is 0 Å². The van der Waals surface area contributed by atoms with E-state index in [0.717, 1.165) is 41.6 Å². The van der Waals surface area contributed by atoms with E-state index < -0.39 is 23.9 Å². The van der Waals surface area contributed by atoms with Crippen molar-refractivity contribution in [1.82, 2.24) is 0 Å². The van der Waals surface area contributed by atoms with Crippen LogP contribution in [0.25, 0.3) is 0 Å². The fourth-order valence-corrected chi connectivity index (χ4v) is 0.380. The molecular weight excluding hydrogens is 391 g/mol. The van der Waals surface area contributed by atoms with Gasteiger partial charge in [0.15, 0.2) is 0 Å². The first kappa shape index (κ1) is 22.9. The van der Waals surface area contributed by atoms with Crippen LogP contribution in [-0.2, 0) is 77.5 Å². The van der Waals surface area contributed by atoms with Crippen LogP contribution in [0.15, 0.2) is 0 Å². The molecule has 0 spiro atoms. The van der Waals surface area contributed by atoms with Gasteiger partial charge in [0.05, 0.1) is 0 Å². The maximum absolute atomic E-state index is 9.73. The summed E-state index contributed by atoms with van der Waals surface area (Å²) in [5.74, 6) is -6.92. The Kier molecular flexibility index (Phi) is 19.9. The Morgan fingerprint density at radius 3 is 1.06 bits per heavy atom. The second kappa shape index (κ2) is 14.8. The molecule has 0 aromatic rings. The number of carbonyl (C=O) groups is 4. The number of rotatable bonds is 2. The van der Waals surface area contributed by atoms with Gasteiger partial charge in [0.2, 0.25) is 0 Å². The van der Waals surface area contributed by atoms with E-state index in [4.69, 9.17) is 0 Å². The van der Waals surface area contributed by atoms with Crippen LogP contribution in [0.5, 0.6) is 0 Å². The van der Waals surface area contributed by atoms with E-state index >= 15 is 0 Å². The number of hydrogen-bond donors (Lipinski definition) is 0. The van der Waals surface area contributed by atoms with Gasteiger partial charge in [0.25, 0.3) is 0 Å². The summed E-state index contributed by atoms with van der Waals surface area (Å²) < 4.78 is 7.39. The van der Waals surface area contributed by atoms with Crippen molar-refractivity contribution < 1.29 is 87.8 Å². The Labute approximate surface area is 155 Å². The number of aliphatic carboxylic acids is 2. The Hall–Kier alpha value is 0.709. The van der Waals surface area contributed by atoms with Gasteiger partial charge in [-0.3, -0.25) is 0 Å². The summed E-state index contributed by atoms with van der Waals surface area (Å²) >= 11 is 2.03. The topological polar surface area (TPSA) is 151 Å². The van der Waals surface area contributed by atoms with Crippen LogP contribution in [0.2, 0.25) is 0 Å². The third kappa shape index (κ3) is 16.7. The third-order valence-corrected chi connectivity index (χ3v) is 0.828. The Bertz CT molecular complexity index is 251. The normalized spacial score (nSPS) is 7.41.